The van der Waals surface area contributed by atoms with E-state index in [0.29, 0.717) is 25.9 Å². The molecular weight excluding hydrogens is 326 g/mol. The van der Waals surface area contributed by atoms with Gasteiger partial charge < -0.3 is 25.4 Å². The van der Waals surface area contributed by atoms with Crippen molar-refractivity contribution in [3.05, 3.63) is 30.3 Å². The summed E-state index contributed by atoms with van der Waals surface area (Å²) >= 11 is 0. The van der Waals surface area contributed by atoms with E-state index >= 15 is 0 Å². The quantitative estimate of drug-likeness (QED) is 0.694. The molecule has 0 aliphatic carbocycles. The molecule has 1 atom stereocenters. The van der Waals surface area contributed by atoms with Crippen LogP contribution in [0.25, 0.3) is 0 Å². The molecule has 3 N–H and O–H groups in total. The third-order valence-electron chi connectivity index (χ3n) is 4.39. The minimum Gasteiger partial charge on any atom is -0.479 e. The third-order valence-corrected chi connectivity index (χ3v) is 4.39. The zero-order chi connectivity index (χ0) is 18.4. The first kappa shape index (κ1) is 18.7. The van der Waals surface area contributed by atoms with Gasteiger partial charge in [-0.1, -0.05) is 18.2 Å². The van der Waals surface area contributed by atoms with Gasteiger partial charge in [-0.2, -0.15) is 0 Å². The standard InChI is InChI=1S/C17H23N3O5/c1-17(25-2,15(22)23)14(21)18-13-8-10-20(11-9-13)16(24)19-12-6-4-3-5-7-12/h3-7,13H,8-11H2,1-2H3,(H,18,21)(H,19,24)(H,22,23). The Hall–Kier alpha value is -2.61. The highest BCUT2D eigenvalue weighted by Gasteiger charge is 2.42. The lowest BCUT2D eigenvalue weighted by Crippen LogP contribution is -2.56. The van der Waals surface area contributed by atoms with Crippen molar-refractivity contribution in [2.45, 2.75) is 31.4 Å². The van der Waals surface area contributed by atoms with Gasteiger partial charge in [0.1, 0.15) is 0 Å². The molecule has 25 heavy (non-hydrogen) atoms. The Labute approximate surface area is 146 Å². The number of hydrogen-bond acceptors (Lipinski definition) is 4. The molecule has 1 unspecified atom stereocenters. The van der Waals surface area contributed by atoms with E-state index in [0.717, 1.165) is 5.69 Å². The van der Waals surface area contributed by atoms with Crippen LogP contribution in [0.3, 0.4) is 0 Å². The summed E-state index contributed by atoms with van der Waals surface area (Å²) in [6.45, 7) is 2.16. The van der Waals surface area contributed by atoms with Crippen molar-refractivity contribution in [1.82, 2.24) is 10.2 Å². The summed E-state index contributed by atoms with van der Waals surface area (Å²) in [5.41, 5.74) is -1.19. The first-order valence-electron chi connectivity index (χ1n) is 8.07. The molecule has 1 aromatic carbocycles. The van der Waals surface area contributed by atoms with Crippen LogP contribution in [0.15, 0.2) is 30.3 Å². The summed E-state index contributed by atoms with van der Waals surface area (Å²) in [6.07, 6.45) is 1.10. The number of amides is 3. The number of hydrogen-bond donors (Lipinski definition) is 3. The van der Waals surface area contributed by atoms with Crippen LogP contribution in [-0.4, -0.2) is 59.8 Å². The van der Waals surface area contributed by atoms with E-state index in [1.165, 1.54) is 14.0 Å². The summed E-state index contributed by atoms with van der Waals surface area (Å²) < 4.78 is 4.84. The lowest BCUT2D eigenvalue weighted by atomic mass is 10.0. The second-order valence-corrected chi connectivity index (χ2v) is 6.07. The van der Waals surface area contributed by atoms with Crippen LogP contribution in [-0.2, 0) is 14.3 Å². The number of likely N-dealkylation sites (tertiary alicyclic amines) is 1. The number of urea groups is 1. The monoisotopic (exact) mass is 349 g/mol. The Bertz CT molecular complexity index is 628. The molecule has 1 heterocycles. The van der Waals surface area contributed by atoms with Gasteiger partial charge in [-0.3, -0.25) is 4.79 Å². The number of piperidine rings is 1. The number of carboxylic acids is 1. The molecule has 0 saturated carbocycles. The van der Waals surface area contributed by atoms with Gasteiger partial charge in [-0.25, -0.2) is 9.59 Å². The molecule has 0 radical (unpaired) electrons. The van der Waals surface area contributed by atoms with Crippen LogP contribution >= 0.6 is 0 Å². The van der Waals surface area contributed by atoms with Crippen LogP contribution in [0.5, 0.6) is 0 Å². The van der Waals surface area contributed by atoms with Crippen molar-refractivity contribution >= 4 is 23.6 Å². The molecule has 8 heteroatoms. The summed E-state index contributed by atoms with van der Waals surface area (Å²) in [5, 5.41) is 14.7. The molecule has 1 aliphatic rings. The van der Waals surface area contributed by atoms with Crippen molar-refractivity contribution < 1.29 is 24.2 Å². The number of nitrogens with one attached hydrogen (secondary N) is 2. The molecule has 8 nitrogen and oxygen atoms in total. The Kier molecular flexibility index (Phi) is 5.97. The van der Waals surface area contributed by atoms with E-state index in [1.54, 1.807) is 4.90 Å². The fourth-order valence-corrected chi connectivity index (χ4v) is 2.55. The van der Waals surface area contributed by atoms with Crippen LogP contribution in [0.4, 0.5) is 10.5 Å². The number of ether oxygens (including phenoxy) is 1. The molecule has 136 valence electrons. The second-order valence-electron chi connectivity index (χ2n) is 6.07. The average Bonchev–Trinajstić information content (AvgIpc) is 2.62. The minimum atomic E-state index is -1.91. The fourth-order valence-electron chi connectivity index (χ4n) is 2.55. The molecule has 3 amide bonds. The number of aliphatic carboxylic acids is 1. The lowest BCUT2D eigenvalue weighted by molar-refractivity contribution is -0.168. The molecular formula is C17H23N3O5. The fraction of sp³-hybridized carbons (Fsp3) is 0.471. The SMILES string of the molecule is COC(C)(C(=O)O)C(=O)NC1CCN(C(=O)Nc2ccccc2)CC1. The first-order chi connectivity index (χ1) is 11.9. The predicted molar refractivity (Wildman–Crippen MR) is 91.2 cm³/mol. The molecule has 0 bridgehead atoms. The number of benzene rings is 1. The van der Waals surface area contributed by atoms with E-state index < -0.39 is 17.5 Å². The van der Waals surface area contributed by atoms with Gasteiger partial charge in [0, 0.05) is 31.9 Å². The zero-order valence-corrected chi connectivity index (χ0v) is 14.3. The molecule has 0 aromatic heterocycles. The van der Waals surface area contributed by atoms with Crippen molar-refractivity contribution in [2.24, 2.45) is 0 Å². The third kappa shape index (κ3) is 4.48. The van der Waals surface area contributed by atoms with Crippen molar-refractivity contribution in [2.75, 3.05) is 25.5 Å². The van der Waals surface area contributed by atoms with Crippen molar-refractivity contribution in [3.8, 4) is 0 Å². The van der Waals surface area contributed by atoms with Gasteiger partial charge in [0.2, 0.25) is 5.60 Å². The number of carboxylic acid groups (broad SMARTS) is 1. The summed E-state index contributed by atoms with van der Waals surface area (Å²) in [7, 11) is 1.18. The number of para-hydroxylation sites is 1. The van der Waals surface area contributed by atoms with E-state index in [9.17, 15) is 14.4 Å². The number of methoxy groups -OCH3 is 1. The average molecular weight is 349 g/mol. The zero-order valence-electron chi connectivity index (χ0n) is 14.3. The highest BCUT2D eigenvalue weighted by molar-refractivity contribution is 6.05. The van der Waals surface area contributed by atoms with Gasteiger partial charge in [-0.05, 0) is 31.9 Å². The highest BCUT2D eigenvalue weighted by atomic mass is 16.5. The van der Waals surface area contributed by atoms with Crippen LogP contribution < -0.4 is 10.6 Å². The van der Waals surface area contributed by atoms with E-state index in [1.807, 2.05) is 30.3 Å². The topological polar surface area (TPSA) is 108 Å². The maximum absolute atomic E-state index is 12.2. The van der Waals surface area contributed by atoms with Gasteiger partial charge in [-0.15, -0.1) is 0 Å². The number of carbonyl (C=O) groups excluding carboxylic acids is 2. The van der Waals surface area contributed by atoms with E-state index in [4.69, 9.17) is 9.84 Å². The maximum atomic E-state index is 12.2. The number of nitrogens with zero attached hydrogens (tertiary/aromatic N) is 1. The normalized spacial score (nSPS) is 17.4. The molecule has 0 spiro atoms. The summed E-state index contributed by atoms with van der Waals surface area (Å²) in [4.78, 5) is 37.2. The van der Waals surface area contributed by atoms with E-state index in [2.05, 4.69) is 10.6 Å². The van der Waals surface area contributed by atoms with Gasteiger partial charge in [0.25, 0.3) is 5.91 Å². The lowest BCUT2D eigenvalue weighted by Gasteiger charge is -2.33. The summed E-state index contributed by atoms with van der Waals surface area (Å²) in [6, 6.07) is 8.78. The summed E-state index contributed by atoms with van der Waals surface area (Å²) in [5.74, 6) is -2.03. The van der Waals surface area contributed by atoms with Crippen LogP contribution in [0, 0.1) is 0 Å². The Morgan fingerprint density at radius 1 is 1.20 bits per heavy atom. The number of carbonyl (C=O) groups is 3. The molecule has 1 fully saturated rings. The van der Waals surface area contributed by atoms with E-state index in [-0.39, 0.29) is 12.1 Å². The Balaban J connectivity index is 1.84. The van der Waals surface area contributed by atoms with Crippen molar-refractivity contribution in [3.63, 3.8) is 0 Å². The number of rotatable bonds is 5. The maximum Gasteiger partial charge on any atom is 0.345 e. The van der Waals surface area contributed by atoms with Gasteiger partial charge in [0.15, 0.2) is 0 Å². The van der Waals surface area contributed by atoms with Crippen LogP contribution in [0.2, 0.25) is 0 Å². The predicted octanol–water partition coefficient (Wildman–Crippen LogP) is 1.29. The minimum absolute atomic E-state index is 0.191. The molecule has 1 saturated heterocycles. The van der Waals surface area contributed by atoms with Gasteiger partial charge >= 0.3 is 12.0 Å². The van der Waals surface area contributed by atoms with Gasteiger partial charge in [0.05, 0.1) is 0 Å². The smallest absolute Gasteiger partial charge is 0.345 e. The van der Waals surface area contributed by atoms with Crippen molar-refractivity contribution in [1.29, 1.82) is 0 Å². The Morgan fingerprint density at radius 3 is 2.32 bits per heavy atom. The molecule has 1 aromatic rings. The highest BCUT2D eigenvalue weighted by Crippen LogP contribution is 2.16. The number of anilines is 1. The molecule has 1 aliphatic heterocycles. The van der Waals surface area contributed by atoms with Crippen LogP contribution in [0.1, 0.15) is 19.8 Å². The largest absolute Gasteiger partial charge is 0.479 e. The first-order valence-corrected chi connectivity index (χ1v) is 8.07. The Morgan fingerprint density at radius 2 is 1.80 bits per heavy atom. The second kappa shape index (κ2) is 7.98. The molecule has 2 rings (SSSR count).